The maximum absolute atomic E-state index is 5.24. The van der Waals surface area contributed by atoms with E-state index >= 15 is 0 Å². The molecule has 2 nitrogen and oxygen atoms in total. The summed E-state index contributed by atoms with van der Waals surface area (Å²) in [5.74, 6) is 0. The lowest BCUT2D eigenvalue weighted by Crippen LogP contribution is -2.01. The minimum atomic E-state index is 0.814. The van der Waals surface area contributed by atoms with Crippen LogP contribution in [0.15, 0.2) is 30.3 Å². The van der Waals surface area contributed by atoms with E-state index in [9.17, 15) is 0 Å². The van der Waals surface area contributed by atoms with Crippen LogP contribution >= 0.6 is 12.2 Å². The first kappa shape index (κ1) is 10.2. The highest BCUT2D eigenvalue weighted by atomic mass is 32.1. The molecular formula is C12H14N2S. The van der Waals surface area contributed by atoms with Crippen LogP contribution in [0.1, 0.15) is 16.8 Å². The highest BCUT2D eigenvalue weighted by Crippen LogP contribution is 2.07. The van der Waals surface area contributed by atoms with Crippen LogP contribution in [0.4, 0.5) is 0 Å². The van der Waals surface area contributed by atoms with E-state index in [1.54, 1.807) is 0 Å². The van der Waals surface area contributed by atoms with Gasteiger partial charge in [0.25, 0.3) is 0 Å². The second kappa shape index (κ2) is 4.03. The molecule has 2 aromatic rings. The first-order chi connectivity index (χ1) is 7.15. The van der Waals surface area contributed by atoms with E-state index in [2.05, 4.69) is 36.3 Å². The summed E-state index contributed by atoms with van der Waals surface area (Å²) in [4.78, 5) is 0. The molecule has 0 spiro atoms. The Morgan fingerprint density at radius 1 is 1.27 bits per heavy atom. The normalized spacial score (nSPS) is 10.5. The third kappa shape index (κ3) is 2.36. The monoisotopic (exact) mass is 218 g/mol. The molecule has 0 bridgehead atoms. The Balaban J connectivity index is 2.29. The smallest absolute Gasteiger partial charge is 0.122 e. The summed E-state index contributed by atoms with van der Waals surface area (Å²) in [5.41, 5.74) is 3.66. The van der Waals surface area contributed by atoms with Crippen molar-refractivity contribution in [3.05, 3.63) is 51.8 Å². The Kier molecular flexibility index (Phi) is 2.73. The van der Waals surface area contributed by atoms with Gasteiger partial charge in [-0.2, -0.15) is 0 Å². The molecule has 3 heteroatoms. The van der Waals surface area contributed by atoms with Gasteiger partial charge in [0.05, 0.1) is 6.54 Å². The van der Waals surface area contributed by atoms with Gasteiger partial charge < -0.3 is 5.10 Å². The summed E-state index contributed by atoms with van der Waals surface area (Å²) in [5, 5.41) is 3.22. The molecule has 0 fully saturated rings. The van der Waals surface area contributed by atoms with Crippen molar-refractivity contribution in [2.24, 2.45) is 0 Å². The van der Waals surface area contributed by atoms with E-state index in [0.717, 1.165) is 16.9 Å². The van der Waals surface area contributed by atoms with E-state index in [-0.39, 0.29) is 0 Å². The fourth-order valence-corrected chi connectivity index (χ4v) is 1.96. The van der Waals surface area contributed by atoms with E-state index in [4.69, 9.17) is 12.2 Å². The molecule has 78 valence electrons. The third-order valence-corrected chi connectivity index (χ3v) is 2.68. The molecule has 0 aliphatic carbocycles. The average Bonchev–Trinajstić information content (AvgIpc) is 2.45. The number of H-pyrrole nitrogens is 1. The number of nitrogens with zero attached hydrogens (tertiary/aromatic N) is 1. The largest absolute Gasteiger partial charge is 0.302 e. The molecule has 1 aromatic heterocycles. The van der Waals surface area contributed by atoms with Crippen LogP contribution in [0.3, 0.4) is 0 Å². The predicted octanol–water partition coefficient (Wildman–Crippen LogP) is 3.21. The summed E-state index contributed by atoms with van der Waals surface area (Å²) in [6.45, 7) is 4.93. The van der Waals surface area contributed by atoms with Crippen molar-refractivity contribution in [1.29, 1.82) is 0 Å². The van der Waals surface area contributed by atoms with Gasteiger partial charge in [-0.3, -0.25) is 4.68 Å². The van der Waals surface area contributed by atoms with Gasteiger partial charge in [-0.25, -0.2) is 0 Å². The molecule has 0 unspecified atom stereocenters. The number of aromatic amines is 1. The van der Waals surface area contributed by atoms with Gasteiger partial charge in [-0.05, 0) is 25.5 Å². The molecular weight excluding hydrogens is 204 g/mol. The van der Waals surface area contributed by atoms with E-state index in [0.29, 0.717) is 0 Å². The van der Waals surface area contributed by atoms with Crippen LogP contribution < -0.4 is 0 Å². The quantitative estimate of drug-likeness (QED) is 0.768. The maximum Gasteiger partial charge on any atom is 0.122 e. The van der Waals surface area contributed by atoms with E-state index < -0.39 is 0 Å². The van der Waals surface area contributed by atoms with Crippen molar-refractivity contribution < 1.29 is 0 Å². The van der Waals surface area contributed by atoms with Crippen molar-refractivity contribution in [3.63, 3.8) is 0 Å². The molecule has 0 saturated carbocycles. The molecule has 2 rings (SSSR count). The van der Waals surface area contributed by atoms with Crippen molar-refractivity contribution in [2.75, 3.05) is 0 Å². The predicted molar refractivity (Wildman–Crippen MR) is 64.6 cm³/mol. The molecule has 0 radical (unpaired) electrons. The zero-order chi connectivity index (χ0) is 10.8. The molecule has 1 aromatic carbocycles. The molecule has 15 heavy (non-hydrogen) atoms. The maximum atomic E-state index is 5.24. The zero-order valence-electron chi connectivity index (χ0n) is 8.95. The first-order valence-corrected chi connectivity index (χ1v) is 5.38. The van der Waals surface area contributed by atoms with Crippen LogP contribution in [0.25, 0.3) is 0 Å². The minimum absolute atomic E-state index is 0.814. The molecule has 1 heterocycles. The molecule has 0 aliphatic heterocycles. The van der Waals surface area contributed by atoms with Crippen molar-refractivity contribution in [2.45, 2.75) is 20.4 Å². The number of nitrogens with one attached hydrogen (secondary N) is 1. The zero-order valence-corrected chi connectivity index (χ0v) is 9.77. The van der Waals surface area contributed by atoms with Crippen molar-refractivity contribution in [3.8, 4) is 0 Å². The molecule has 0 atom stereocenters. The number of hydrogen-bond acceptors (Lipinski definition) is 1. The summed E-state index contributed by atoms with van der Waals surface area (Å²) in [7, 11) is 0. The number of benzene rings is 1. The molecule has 0 aliphatic rings. The second-order valence-corrected chi connectivity index (χ2v) is 4.27. The van der Waals surface area contributed by atoms with Crippen molar-refractivity contribution in [1.82, 2.24) is 9.78 Å². The number of rotatable bonds is 2. The molecule has 1 N–H and O–H groups in total. The van der Waals surface area contributed by atoms with Crippen LogP contribution in [-0.4, -0.2) is 9.78 Å². The first-order valence-electron chi connectivity index (χ1n) is 4.97. The highest BCUT2D eigenvalue weighted by Gasteiger charge is 1.98. The number of aromatic nitrogens is 2. The molecule has 0 saturated heterocycles. The Morgan fingerprint density at radius 3 is 2.67 bits per heavy atom. The number of aryl methyl sites for hydroxylation is 2. The second-order valence-electron chi connectivity index (χ2n) is 3.85. The lowest BCUT2D eigenvalue weighted by Gasteiger charge is -2.04. The number of hydrogen-bond donors (Lipinski definition) is 1. The Hall–Kier alpha value is -1.35. The standard InChI is InChI=1S/C12H14N2S/c1-9-4-3-5-11(6-9)8-14-12(15)7-10(2)13-14/h3-7,13H,8H2,1-2H3. The minimum Gasteiger partial charge on any atom is -0.302 e. The van der Waals surface area contributed by atoms with Gasteiger partial charge in [0.2, 0.25) is 0 Å². The average molecular weight is 218 g/mol. The van der Waals surface area contributed by atoms with Gasteiger partial charge in [0.1, 0.15) is 4.64 Å². The lowest BCUT2D eigenvalue weighted by atomic mass is 10.1. The van der Waals surface area contributed by atoms with Crippen LogP contribution in [-0.2, 0) is 6.54 Å². The third-order valence-electron chi connectivity index (χ3n) is 2.34. The Morgan fingerprint density at radius 2 is 2.07 bits per heavy atom. The topological polar surface area (TPSA) is 20.7 Å². The summed E-state index contributed by atoms with van der Waals surface area (Å²) in [6, 6.07) is 10.4. The fraction of sp³-hybridized carbons (Fsp3) is 0.250. The molecule has 0 amide bonds. The van der Waals surface area contributed by atoms with Crippen LogP contribution in [0.2, 0.25) is 0 Å². The van der Waals surface area contributed by atoms with Gasteiger partial charge in [-0.1, -0.05) is 42.0 Å². The van der Waals surface area contributed by atoms with Crippen LogP contribution in [0, 0.1) is 18.5 Å². The van der Waals surface area contributed by atoms with E-state index in [1.807, 2.05) is 17.7 Å². The Labute approximate surface area is 94.5 Å². The van der Waals surface area contributed by atoms with Gasteiger partial charge in [0, 0.05) is 5.69 Å². The summed E-state index contributed by atoms with van der Waals surface area (Å²) >= 11 is 5.24. The van der Waals surface area contributed by atoms with E-state index in [1.165, 1.54) is 11.1 Å². The fourth-order valence-electron chi connectivity index (χ4n) is 1.67. The van der Waals surface area contributed by atoms with Crippen LogP contribution in [0.5, 0.6) is 0 Å². The summed E-state index contributed by atoms with van der Waals surface area (Å²) in [6.07, 6.45) is 0. The summed E-state index contributed by atoms with van der Waals surface area (Å²) < 4.78 is 2.84. The highest BCUT2D eigenvalue weighted by molar-refractivity contribution is 7.71. The van der Waals surface area contributed by atoms with Gasteiger partial charge in [0.15, 0.2) is 0 Å². The SMILES string of the molecule is Cc1cccc(Cn2[nH]c(C)cc2=S)c1. The Bertz CT molecular complexity index is 522. The van der Waals surface area contributed by atoms with Gasteiger partial charge >= 0.3 is 0 Å². The van der Waals surface area contributed by atoms with Gasteiger partial charge in [-0.15, -0.1) is 0 Å². The van der Waals surface area contributed by atoms with Crippen molar-refractivity contribution >= 4 is 12.2 Å². The lowest BCUT2D eigenvalue weighted by molar-refractivity contribution is 0.671.